The third-order valence-electron chi connectivity index (χ3n) is 4.41. The van der Waals surface area contributed by atoms with Crippen LogP contribution in [0.2, 0.25) is 0 Å². The lowest BCUT2D eigenvalue weighted by atomic mass is 10.0. The zero-order valence-corrected chi connectivity index (χ0v) is 14.6. The summed E-state index contributed by atoms with van der Waals surface area (Å²) < 4.78 is 0. The molecule has 1 aromatic carbocycles. The van der Waals surface area contributed by atoms with Gasteiger partial charge in [-0.15, -0.1) is 11.3 Å². The Morgan fingerprint density at radius 1 is 1.26 bits per heavy atom. The first kappa shape index (κ1) is 16.0. The Morgan fingerprint density at radius 3 is 2.74 bits per heavy atom. The van der Waals surface area contributed by atoms with E-state index in [-0.39, 0.29) is 11.8 Å². The number of thiophene rings is 1. The van der Waals surface area contributed by atoms with Crippen LogP contribution in [-0.2, 0) is 6.54 Å². The van der Waals surface area contributed by atoms with Gasteiger partial charge in [0, 0.05) is 33.6 Å². The maximum absolute atomic E-state index is 13.1. The number of carbonyl (C=O) groups excluding carboxylic acids is 1. The van der Waals surface area contributed by atoms with Crippen molar-refractivity contribution in [2.24, 2.45) is 0 Å². The summed E-state index contributed by atoms with van der Waals surface area (Å²) in [5.41, 5.74) is 2.81. The molecule has 3 aromatic rings. The number of rotatable bonds is 6. The molecule has 0 amide bonds. The second-order valence-corrected chi connectivity index (χ2v) is 6.89. The number of carbonyl (C=O) groups is 1. The molecule has 0 aliphatic rings. The zero-order chi connectivity index (χ0) is 16.4. The number of nitrogens with zero attached hydrogens (tertiary/aromatic N) is 1. The van der Waals surface area contributed by atoms with Crippen molar-refractivity contribution in [2.75, 3.05) is 6.54 Å². The maximum atomic E-state index is 13.1. The van der Waals surface area contributed by atoms with Crippen LogP contribution in [0.3, 0.4) is 0 Å². The van der Waals surface area contributed by atoms with E-state index in [1.54, 1.807) is 11.3 Å². The van der Waals surface area contributed by atoms with Gasteiger partial charge in [0.05, 0.1) is 6.04 Å². The third-order valence-corrected chi connectivity index (χ3v) is 5.27. The summed E-state index contributed by atoms with van der Waals surface area (Å²) in [5, 5.41) is 3.11. The first-order chi connectivity index (χ1) is 11.1. The van der Waals surface area contributed by atoms with E-state index in [4.69, 9.17) is 0 Å². The SMILES string of the molecule is CCN(Cc1cccs1)[C@H](C)C(=O)c1c(C)[nH]c2ccccc12. The normalized spacial score (nSPS) is 12.9. The molecule has 1 atom stereocenters. The molecule has 4 heteroatoms. The number of hydrogen-bond acceptors (Lipinski definition) is 3. The summed E-state index contributed by atoms with van der Waals surface area (Å²) in [6.45, 7) is 7.78. The Bertz CT molecular complexity index is 804. The van der Waals surface area contributed by atoms with Crippen LogP contribution < -0.4 is 0 Å². The smallest absolute Gasteiger partial charge is 0.182 e. The molecule has 3 rings (SSSR count). The minimum absolute atomic E-state index is 0.139. The van der Waals surface area contributed by atoms with Crippen LogP contribution in [-0.4, -0.2) is 28.3 Å². The molecule has 0 bridgehead atoms. The van der Waals surface area contributed by atoms with Gasteiger partial charge in [0.2, 0.25) is 0 Å². The molecule has 23 heavy (non-hydrogen) atoms. The molecule has 0 aliphatic heterocycles. The van der Waals surface area contributed by atoms with Crippen LogP contribution in [0.5, 0.6) is 0 Å². The average Bonchev–Trinajstić information content (AvgIpc) is 3.17. The summed E-state index contributed by atoms with van der Waals surface area (Å²) in [6, 6.07) is 12.1. The molecular formula is C19H22N2OS. The van der Waals surface area contributed by atoms with E-state index in [9.17, 15) is 4.79 Å². The summed E-state index contributed by atoms with van der Waals surface area (Å²) in [5.74, 6) is 0.193. The van der Waals surface area contributed by atoms with Crippen LogP contribution in [0.15, 0.2) is 41.8 Å². The molecule has 0 aliphatic carbocycles. The Balaban J connectivity index is 1.89. The largest absolute Gasteiger partial charge is 0.358 e. The summed E-state index contributed by atoms with van der Waals surface area (Å²) in [6.07, 6.45) is 0. The highest BCUT2D eigenvalue weighted by Gasteiger charge is 2.25. The monoisotopic (exact) mass is 326 g/mol. The number of H-pyrrole nitrogens is 1. The molecule has 0 radical (unpaired) electrons. The number of aromatic amines is 1. The lowest BCUT2D eigenvalue weighted by Crippen LogP contribution is -2.38. The molecule has 0 fully saturated rings. The zero-order valence-electron chi connectivity index (χ0n) is 13.8. The Hall–Kier alpha value is -1.91. The standard InChI is InChI=1S/C19H22N2OS/c1-4-21(12-15-8-7-11-23-15)14(3)19(22)18-13(2)20-17-10-6-5-9-16(17)18/h5-11,14,20H,4,12H2,1-3H3/t14-/m1/s1. The van der Waals surface area contributed by atoms with Gasteiger partial charge in [0.15, 0.2) is 5.78 Å². The summed E-state index contributed by atoms with van der Waals surface area (Å²) >= 11 is 1.74. The van der Waals surface area contributed by atoms with Gasteiger partial charge in [-0.3, -0.25) is 9.69 Å². The number of nitrogens with one attached hydrogen (secondary N) is 1. The lowest BCUT2D eigenvalue weighted by Gasteiger charge is -2.26. The summed E-state index contributed by atoms with van der Waals surface area (Å²) in [4.78, 5) is 20.0. The van der Waals surface area contributed by atoms with Crippen molar-refractivity contribution in [2.45, 2.75) is 33.4 Å². The lowest BCUT2D eigenvalue weighted by molar-refractivity contribution is 0.0838. The fraction of sp³-hybridized carbons (Fsp3) is 0.316. The number of fused-ring (bicyclic) bond motifs is 1. The van der Waals surface area contributed by atoms with Gasteiger partial charge in [0.1, 0.15) is 0 Å². The molecule has 0 saturated carbocycles. The highest BCUT2D eigenvalue weighted by atomic mass is 32.1. The van der Waals surface area contributed by atoms with Crippen LogP contribution in [0, 0.1) is 6.92 Å². The predicted octanol–water partition coefficient (Wildman–Crippen LogP) is 4.63. The molecule has 1 N–H and O–H groups in total. The van der Waals surface area contributed by atoms with Gasteiger partial charge in [-0.1, -0.05) is 31.2 Å². The van der Waals surface area contributed by atoms with E-state index in [1.807, 2.05) is 38.1 Å². The van der Waals surface area contributed by atoms with E-state index >= 15 is 0 Å². The molecular weight excluding hydrogens is 304 g/mol. The molecule has 0 spiro atoms. The fourth-order valence-corrected chi connectivity index (χ4v) is 3.82. The van der Waals surface area contributed by atoms with Crippen LogP contribution >= 0.6 is 11.3 Å². The first-order valence-corrected chi connectivity index (χ1v) is 8.87. The first-order valence-electron chi connectivity index (χ1n) is 7.99. The van der Waals surface area contributed by atoms with Gasteiger partial charge >= 0.3 is 0 Å². The van der Waals surface area contributed by atoms with Gasteiger partial charge in [-0.2, -0.15) is 0 Å². The van der Waals surface area contributed by atoms with Crippen molar-refractivity contribution in [1.82, 2.24) is 9.88 Å². The second-order valence-electron chi connectivity index (χ2n) is 5.85. The van der Waals surface area contributed by atoms with E-state index in [2.05, 4.69) is 34.3 Å². The van der Waals surface area contributed by atoms with Gasteiger partial charge in [-0.25, -0.2) is 0 Å². The van der Waals surface area contributed by atoms with Crippen molar-refractivity contribution in [3.8, 4) is 0 Å². The van der Waals surface area contributed by atoms with E-state index in [0.717, 1.165) is 35.2 Å². The van der Waals surface area contributed by atoms with Crippen molar-refractivity contribution >= 4 is 28.0 Å². The fourth-order valence-electron chi connectivity index (χ4n) is 3.09. The number of para-hydroxylation sites is 1. The molecule has 2 heterocycles. The van der Waals surface area contributed by atoms with Crippen molar-refractivity contribution in [3.05, 3.63) is 57.9 Å². The van der Waals surface area contributed by atoms with Gasteiger partial charge < -0.3 is 4.98 Å². The summed E-state index contributed by atoms with van der Waals surface area (Å²) in [7, 11) is 0. The maximum Gasteiger partial charge on any atom is 0.182 e. The Morgan fingerprint density at radius 2 is 2.04 bits per heavy atom. The van der Waals surface area contributed by atoms with Crippen LogP contribution in [0.25, 0.3) is 10.9 Å². The Labute approximate surface area is 140 Å². The van der Waals surface area contributed by atoms with Crippen molar-refractivity contribution in [3.63, 3.8) is 0 Å². The van der Waals surface area contributed by atoms with Crippen LogP contribution in [0.1, 0.15) is 34.8 Å². The van der Waals surface area contributed by atoms with Gasteiger partial charge in [0.25, 0.3) is 0 Å². The van der Waals surface area contributed by atoms with Crippen molar-refractivity contribution in [1.29, 1.82) is 0 Å². The minimum atomic E-state index is -0.139. The predicted molar refractivity (Wildman–Crippen MR) is 97.2 cm³/mol. The third kappa shape index (κ3) is 3.09. The molecule has 2 aromatic heterocycles. The Kier molecular flexibility index (Phi) is 4.64. The minimum Gasteiger partial charge on any atom is -0.358 e. The number of aryl methyl sites for hydroxylation is 1. The average molecular weight is 326 g/mol. The van der Waals surface area contributed by atoms with E-state index < -0.39 is 0 Å². The van der Waals surface area contributed by atoms with E-state index in [0.29, 0.717) is 0 Å². The van der Waals surface area contributed by atoms with Crippen molar-refractivity contribution < 1.29 is 4.79 Å². The topological polar surface area (TPSA) is 36.1 Å². The highest BCUT2D eigenvalue weighted by molar-refractivity contribution is 7.09. The van der Waals surface area contributed by atoms with Gasteiger partial charge in [-0.05, 0) is 37.9 Å². The number of ketones is 1. The number of aromatic nitrogens is 1. The quantitative estimate of drug-likeness (QED) is 0.670. The number of hydrogen-bond donors (Lipinski definition) is 1. The molecule has 0 saturated heterocycles. The number of benzene rings is 1. The second kappa shape index (κ2) is 6.69. The van der Waals surface area contributed by atoms with E-state index in [1.165, 1.54) is 4.88 Å². The number of Topliss-reactive ketones (excluding diaryl/α,β-unsaturated/α-hetero) is 1. The molecule has 0 unspecified atom stereocenters. The number of likely N-dealkylation sites (N-methyl/N-ethyl adjacent to an activating group) is 1. The van der Waals surface area contributed by atoms with Crippen LogP contribution in [0.4, 0.5) is 0 Å². The highest BCUT2D eigenvalue weighted by Crippen LogP contribution is 2.25. The molecule has 120 valence electrons. The molecule has 3 nitrogen and oxygen atoms in total.